The lowest BCUT2D eigenvalue weighted by molar-refractivity contribution is 0.0952. The van der Waals surface area contributed by atoms with E-state index < -0.39 is 0 Å². The van der Waals surface area contributed by atoms with Crippen LogP contribution in [0.4, 0.5) is 5.69 Å². The number of amides is 1. The molecule has 6 heteroatoms. The first kappa shape index (κ1) is 12.5. The minimum Gasteiger partial charge on any atom is -0.398 e. The van der Waals surface area contributed by atoms with Crippen LogP contribution in [0.2, 0.25) is 0 Å². The van der Waals surface area contributed by atoms with Gasteiger partial charge in [-0.3, -0.25) is 9.78 Å². The van der Waals surface area contributed by atoms with E-state index in [1.807, 2.05) is 13.8 Å². The summed E-state index contributed by atoms with van der Waals surface area (Å²) in [6.07, 6.45) is 3.03. The Labute approximate surface area is 109 Å². The van der Waals surface area contributed by atoms with E-state index in [9.17, 15) is 4.79 Å². The molecule has 0 aromatic carbocycles. The Hall–Kier alpha value is -1.95. The molecule has 18 heavy (non-hydrogen) atoms. The van der Waals surface area contributed by atoms with Crippen LogP contribution < -0.4 is 11.1 Å². The number of pyridine rings is 1. The zero-order valence-electron chi connectivity index (χ0n) is 10.2. The minimum atomic E-state index is -0.217. The van der Waals surface area contributed by atoms with E-state index in [0.29, 0.717) is 17.8 Å². The van der Waals surface area contributed by atoms with Crippen molar-refractivity contribution in [2.24, 2.45) is 0 Å². The number of aryl methyl sites for hydroxylation is 2. The van der Waals surface area contributed by atoms with E-state index in [1.54, 1.807) is 23.6 Å². The standard InChI is InChI=1S/C12H14N4OS/c1-7-11(18-8(2)16-7)6-15-12(17)9-5-14-4-3-10(9)13/h3-5H,6H2,1-2H3,(H2,13,14)(H,15,17). The summed E-state index contributed by atoms with van der Waals surface area (Å²) in [4.78, 5) is 21.2. The van der Waals surface area contributed by atoms with Crippen molar-refractivity contribution in [3.8, 4) is 0 Å². The summed E-state index contributed by atoms with van der Waals surface area (Å²) >= 11 is 1.58. The van der Waals surface area contributed by atoms with Crippen molar-refractivity contribution in [2.75, 3.05) is 5.73 Å². The maximum Gasteiger partial charge on any atom is 0.255 e. The molecular weight excluding hydrogens is 248 g/mol. The highest BCUT2D eigenvalue weighted by Gasteiger charge is 2.11. The van der Waals surface area contributed by atoms with Gasteiger partial charge in [-0.15, -0.1) is 11.3 Å². The van der Waals surface area contributed by atoms with Crippen LogP contribution in [-0.4, -0.2) is 15.9 Å². The third kappa shape index (κ3) is 2.65. The number of anilines is 1. The Kier molecular flexibility index (Phi) is 3.57. The third-order valence-electron chi connectivity index (χ3n) is 2.51. The Morgan fingerprint density at radius 1 is 1.50 bits per heavy atom. The van der Waals surface area contributed by atoms with Gasteiger partial charge in [0.25, 0.3) is 5.91 Å². The van der Waals surface area contributed by atoms with E-state index in [-0.39, 0.29) is 5.91 Å². The van der Waals surface area contributed by atoms with Crippen molar-refractivity contribution in [1.82, 2.24) is 15.3 Å². The topological polar surface area (TPSA) is 80.9 Å². The molecule has 2 aromatic heterocycles. The number of hydrogen-bond donors (Lipinski definition) is 2. The normalized spacial score (nSPS) is 10.3. The van der Waals surface area contributed by atoms with Crippen molar-refractivity contribution >= 4 is 22.9 Å². The number of nitrogens with zero attached hydrogens (tertiary/aromatic N) is 2. The molecule has 0 saturated heterocycles. The molecule has 0 spiro atoms. The zero-order valence-corrected chi connectivity index (χ0v) is 11.0. The van der Waals surface area contributed by atoms with Gasteiger partial charge in [-0.2, -0.15) is 0 Å². The number of aromatic nitrogens is 2. The number of nitrogen functional groups attached to an aromatic ring is 1. The molecule has 0 aliphatic heterocycles. The van der Waals surface area contributed by atoms with Crippen molar-refractivity contribution in [1.29, 1.82) is 0 Å². The lowest BCUT2D eigenvalue weighted by Gasteiger charge is -2.05. The number of carbonyl (C=O) groups is 1. The fourth-order valence-corrected chi connectivity index (χ4v) is 2.47. The highest BCUT2D eigenvalue weighted by Crippen LogP contribution is 2.17. The van der Waals surface area contributed by atoms with Gasteiger partial charge in [0.05, 0.1) is 22.8 Å². The summed E-state index contributed by atoms with van der Waals surface area (Å²) in [6, 6.07) is 1.61. The summed E-state index contributed by atoms with van der Waals surface area (Å²) in [5, 5.41) is 3.82. The molecule has 2 rings (SSSR count). The second-order valence-corrected chi connectivity index (χ2v) is 5.17. The number of carbonyl (C=O) groups excluding carboxylic acids is 1. The van der Waals surface area contributed by atoms with Crippen molar-refractivity contribution in [2.45, 2.75) is 20.4 Å². The molecule has 1 amide bonds. The van der Waals surface area contributed by atoms with Crippen LogP contribution >= 0.6 is 11.3 Å². The summed E-state index contributed by atoms with van der Waals surface area (Å²) in [6.45, 7) is 4.34. The Balaban J connectivity index is 2.05. The average Bonchev–Trinajstić information content (AvgIpc) is 2.65. The molecule has 0 aliphatic rings. The van der Waals surface area contributed by atoms with Gasteiger partial charge in [0.15, 0.2) is 0 Å². The maximum atomic E-state index is 11.9. The number of nitrogens with one attached hydrogen (secondary N) is 1. The average molecular weight is 262 g/mol. The minimum absolute atomic E-state index is 0.217. The Morgan fingerprint density at radius 2 is 2.28 bits per heavy atom. The first-order chi connectivity index (χ1) is 8.58. The molecule has 0 unspecified atom stereocenters. The third-order valence-corrected chi connectivity index (χ3v) is 3.58. The molecule has 0 fully saturated rings. The lowest BCUT2D eigenvalue weighted by atomic mass is 10.2. The fraction of sp³-hybridized carbons (Fsp3) is 0.250. The molecule has 5 nitrogen and oxygen atoms in total. The van der Waals surface area contributed by atoms with Gasteiger partial charge < -0.3 is 11.1 Å². The molecular formula is C12H14N4OS. The number of rotatable bonds is 3. The van der Waals surface area contributed by atoms with E-state index >= 15 is 0 Å². The molecule has 0 bridgehead atoms. The Bertz CT molecular complexity index is 579. The van der Waals surface area contributed by atoms with Gasteiger partial charge in [0.2, 0.25) is 0 Å². The molecule has 0 saturated carbocycles. The lowest BCUT2D eigenvalue weighted by Crippen LogP contribution is -2.23. The van der Waals surface area contributed by atoms with Crippen LogP contribution in [0.5, 0.6) is 0 Å². The molecule has 0 radical (unpaired) electrons. The van der Waals surface area contributed by atoms with Crippen molar-refractivity contribution in [3.63, 3.8) is 0 Å². The van der Waals surface area contributed by atoms with Gasteiger partial charge in [0, 0.05) is 23.0 Å². The van der Waals surface area contributed by atoms with Gasteiger partial charge in [-0.25, -0.2) is 4.98 Å². The smallest absolute Gasteiger partial charge is 0.255 e. The number of nitrogens with two attached hydrogens (primary N) is 1. The van der Waals surface area contributed by atoms with Crippen LogP contribution in [0.1, 0.15) is 25.9 Å². The molecule has 3 N–H and O–H groups in total. The predicted molar refractivity (Wildman–Crippen MR) is 71.4 cm³/mol. The summed E-state index contributed by atoms with van der Waals surface area (Å²) in [5.74, 6) is -0.217. The molecule has 0 atom stereocenters. The zero-order chi connectivity index (χ0) is 13.1. The van der Waals surface area contributed by atoms with Crippen LogP contribution in [0.25, 0.3) is 0 Å². The van der Waals surface area contributed by atoms with Crippen LogP contribution in [0, 0.1) is 13.8 Å². The monoisotopic (exact) mass is 262 g/mol. The Morgan fingerprint density at radius 3 is 2.89 bits per heavy atom. The summed E-state index contributed by atoms with van der Waals surface area (Å²) < 4.78 is 0. The van der Waals surface area contributed by atoms with E-state index in [2.05, 4.69) is 15.3 Å². The molecule has 94 valence electrons. The van der Waals surface area contributed by atoms with E-state index in [4.69, 9.17) is 5.73 Å². The first-order valence-electron chi connectivity index (χ1n) is 5.48. The highest BCUT2D eigenvalue weighted by molar-refractivity contribution is 7.11. The highest BCUT2D eigenvalue weighted by atomic mass is 32.1. The van der Waals surface area contributed by atoms with Gasteiger partial charge >= 0.3 is 0 Å². The maximum absolute atomic E-state index is 11.9. The molecule has 0 aliphatic carbocycles. The van der Waals surface area contributed by atoms with Gasteiger partial charge in [-0.05, 0) is 19.9 Å². The van der Waals surface area contributed by atoms with Gasteiger partial charge in [0.1, 0.15) is 0 Å². The van der Waals surface area contributed by atoms with Crippen LogP contribution in [0.15, 0.2) is 18.5 Å². The second kappa shape index (κ2) is 5.14. The van der Waals surface area contributed by atoms with E-state index in [1.165, 1.54) is 6.20 Å². The predicted octanol–water partition coefficient (Wildman–Crippen LogP) is 1.67. The number of hydrogen-bond acceptors (Lipinski definition) is 5. The number of thiazole rings is 1. The van der Waals surface area contributed by atoms with Gasteiger partial charge in [-0.1, -0.05) is 0 Å². The second-order valence-electron chi connectivity index (χ2n) is 3.89. The first-order valence-corrected chi connectivity index (χ1v) is 6.30. The summed E-state index contributed by atoms with van der Waals surface area (Å²) in [5.41, 5.74) is 7.50. The van der Waals surface area contributed by atoms with Crippen molar-refractivity contribution < 1.29 is 4.79 Å². The molecule has 2 heterocycles. The van der Waals surface area contributed by atoms with Crippen molar-refractivity contribution in [3.05, 3.63) is 39.6 Å². The fourth-order valence-electron chi connectivity index (χ4n) is 1.59. The SMILES string of the molecule is Cc1nc(C)c(CNC(=O)c2cnccc2N)s1. The summed E-state index contributed by atoms with van der Waals surface area (Å²) in [7, 11) is 0. The van der Waals surface area contributed by atoms with E-state index in [0.717, 1.165) is 15.6 Å². The quantitative estimate of drug-likeness (QED) is 0.881. The van der Waals surface area contributed by atoms with Crippen LogP contribution in [0.3, 0.4) is 0 Å². The molecule has 2 aromatic rings. The largest absolute Gasteiger partial charge is 0.398 e. The van der Waals surface area contributed by atoms with Crippen LogP contribution in [-0.2, 0) is 6.54 Å².